The molecule has 1 aromatic rings. The molecule has 3 nitrogen and oxygen atoms in total. The summed E-state index contributed by atoms with van der Waals surface area (Å²) in [5.74, 6) is 0. The van der Waals surface area contributed by atoms with Crippen molar-refractivity contribution in [3.63, 3.8) is 0 Å². The molecule has 1 aromatic carbocycles. The summed E-state index contributed by atoms with van der Waals surface area (Å²) in [6.07, 6.45) is 0.871. The van der Waals surface area contributed by atoms with Gasteiger partial charge in [0.15, 0.2) is 0 Å². The van der Waals surface area contributed by atoms with Crippen LogP contribution in [0.3, 0.4) is 0 Å². The molecule has 0 atom stereocenters. The van der Waals surface area contributed by atoms with Crippen LogP contribution in [-0.4, -0.2) is 19.3 Å². The highest BCUT2D eigenvalue weighted by atomic mass is 79.9. The lowest BCUT2D eigenvalue weighted by molar-refractivity contribution is -0.0125. The van der Waals surface area contributed by atoms with Crippen LogP contribution in [0, 0.1) is 0 Å². The first-order valence-corrected chi connectivity index (χ1v) is 6.41. The zero-order valence-electron chi connectivity index (χ0n) is 10.6. The number of benzene rings is 1. The van der Waals surface area contributed by atoms with Gasteiger partial charge in [0.25, 0.3) is 0 Å². The summed E-state index contributed by atoms with van der Waals surface area (Å²) in [7, 11) is 1.72. The maximum atomic E-state index is 5.67. The molecule has 4 heteroatoms. The summed E-state index contributed by atoms with van der Waals surface area (Å²) in [6, 6.07) is 5.74. The number of rotatable bonds is 6. The number of nitrogen functional groups attached to an aromatic ring is 1. The maximum absolute atomic E-state index is 5.67. The van der Waals surface area contributed by atoms with Crippen molar-refractivity contribution in [1.29, 1.82) is 0 Å². The van der Waals surface area contributed by atoms with Crippen LogP contribution < -0.4 is 5.73 Å². The Morgan fingerprint density at radius 3 is 2.65 bits per heavy atom. The summed E-state index contributed by atoms with van der Waals surface area (Å²) in [6.45, 7) is 5.36. The number of hydrogen-bond acceptors (Lipinski definition) is 3. The van der Waals surface area contributed by atoms with Crippen LogP contribution in [0.5, 0.6) is 0 Å². The Hall–Kier alpha value is -0.580. The Balaban J connectivity index is 2.36. The summed E-state index contributed by atoms with van der Waals surface area (Å²) in [5.41, 5.74) is 7.40. The minimum Gasteiger partial charge on any atom is -0.399 e. The number of methoxy groups -OCH3 is 1. The molecule has 17 heavy (non-hydrogen) atoms. The Labute approximate surface area is 111 Å². The fourth-order valence-electron chi connectivity index (χ4n) is 1.28. The molecule has 96 valence electrons. The van der Waals surface area contributed by atoms with Gasteiger partial charge in [-0.2, -0.15) is 0 Å². The fourth-order valence-corrected chi connectivity index (χ4v) is 1.79. The molecule has 0 unspecified atom stereocenters. The molecule has 0 aromatic heterocycles. The number of nitrogens with two attached hydrogens (primary N) is 1. The average molecular weight is 302 g/mol. The molecule has 0 spiro atoms. The molecule has 0 aliphatic carbocycles. The number of ether oxygens (including phenoxy) is 2. The number of hydrogen-bond donors (Lipinski definition) is 1. The minimum absolute atomic E-state index is 0.127. The summed E-state index contributed by atoms with van der Waals surface area (Å²) in [4.78, 5) is 0. The number of halogens is 1. The van der Waals surface area contributed by atoms with Crippen molar-refractivity contribution < 1.29 is 9.47 Å². The largest absolute Gasteiger partial charge is 0.399 e. The van der Waals surface area contributed by atoms with Crippen LogP contribution in [0.2, 0.25) is 0 Å². The molecular weight excluding hydrogens is 282 g/mol. The topological polar surface area (TPSA) is 44.5 Å². The quantitative estimate of drug-likeness (QED) is 0.647. The van der Waals surface area contributed by atoms with E-state index in [0.717, 1.165) is 22.1 Å². The Morgan fingerprint density at radius 2 is 2.06 bits per heavy atom. The lowest BCUT2D eigenvalue weighted by Crippen LogP contribution is -2.24. The van der Waals surface area contributed by atoms with Gasteiger partial charge in [0.05, 0.1) is 12.2 Å². The van der Waals surface area contributed by atoms with E-state index < -0.39 is 0 Å². The van der Waals surface area contributed by atoms with E-state index in [-0.39, 0.29) is 5.60 Å². The molecule has 0 bridgehead atoms. The second-order valence-corrected chi connectivity index (χ2v) is 5.47. The van der Waals surface area contributed by atoms with Crippen molar-refractivity contribution in [3.05, 3.63) is 28.2 Å². The van der Waals surface area contributed by atoms with Gasteiger partial charge >= 0.3 is 0 Å². The Morgan fingerprint density at radius 1 is 1.35 bits per heavy atom. The third-order valence-electron chi connectivity index (χ3n) is 2.74. The second kappa shape index (κ2) is 6.38. The highest BCUT2D eigenvalue weighted by Crippen LogP contribution is 2.21. The lowest BCUT2D eigenvalue weighted by Gasteiger charge is -2.22. The smallest absolute Gasteiger partial charge is 0.0727 e. The molecule has 0 heterocycles. The molecule has 0 saturated heterocycles. The van der Waals surface area contributed by atoms with Crippen LogP contribution >= 0.6 is 15.9 Å². The normalized spacial score (nSPS) is 11.8. The first-order chi connectivity index (χ1) is 7.94. The van der Waals surface area contributed by atoms with Crippen LogP contribution in [0.15, 0.2) is 22.7 Å². The van der Waals surface area contributed by atoms with Gasteiger partial charge in [0.1, 0.15) is 0 Å². The van der Waals surface area contributed by atoms with Gasteiger partial charge in [0.2, 0.25) is 0 Å². The second-order valence-electron chi connectivity index (χ2n) is 4.62. The van der Waals surface area contributed by atoms with Gasteiger partial charge in [-0.05, 0) is 38.0 Å². The van der Waals surface area contributed by atoms with E-state index in [4.69, 9.17) is 15.2 Å². The van der Waals surface area contributed by atoms with E-state index in [2.05, 4.69) is 29.8 Å². The lowest BCUT2D eigenvalue weighted by atomic mass is 10.1. The van der Waals surface area contributed by atoms with Crippen molar-refractivity contribution in [3.8, 4) is 0 Å². The van der Waals surface area contributed by atoms with Crippen molar-refractivity contribution in [2.45, 2.75) is 32.5 Å². The standard InChI is InChI=1S/C13H20BrNO2/c1-13(2,16-3)6-7-17-9-10-4-5-11(15)8-12(10)14/h4-5,8H,6-7,9,15H2,1-3H3. The molecule has 0 fully saturated rings. The van der Waals surface area contributed by atoms with E-state index in [1.165, 1.54) is 0 Å². The van der Waals surface area contributed by atoms with Gasteiger partial charge in [-0.3, -0.25) is 0 Å². The Bertz CT molecular complexity index is 366. The van der Waals surface area contributed by atoms with Gasteiger partial charge in [-0.25, -0.2) is 0 Å². The molecule has 2 N–H and O–H groups in total. The van der Waals surface area contributed by atoms with E-state index >= 15 is 0 Å². The molecule has 0 aliphatic heterocycles. The molecule has 0 radical (unpaired) electrons. The fraction of sp³-hybridized carbons (Fsp3) is 0.538. The predicted octanol–water partition coefficient (Wildman–Crippen LogP) is 3.36. The first kappa shape index (κ1) is 14.5. The molecule has 0 aliphatic rings. The summed E-state index contributed by atoms with van der Waals surface area (Å²) in [5, 5.41) is 0. The average Bonchev–Trinajstić information content (AvgIpc) is 2.27. The zero-order valence-corrected chi connectivity index (χ0v) is 12.2. The highest BCUT2D eigenvalue weighted by Gasteiger charge is 2.15. The van der Waals surface area contributed by atoms with E-state index in [9.17, 15) is 0 Å². The summed E-state index contributed by atoms with van der Waals surface area (Å²) >= 11 is 3.47. The first-order valence-electron chi connectivity index (χ1n) is 5.61. The van der Waals surface area contributed by atoms with Crippen molar-refractivity contribution >= 4 is 21.6 Å². The molecular formula is C13H20BrNO2. The number of anilines is 1. The Kier molecular flexibility index (Phi) is 5.43. The minimum atomic E-state index is -0.127. The van der Waals surface area contributed by atoms with Gasteiger partial charge in [-0.1, -0.05) is 22.0 Å². The third-order valence-corrected chi connectivity index (χ3v) is 3.47. The van der Waals surface area contributed by atoms with Crippen LogP contribution in [0.25, 0.3) is 0 Å². The van der Waals surface area contributed by atoms with Gasteiger partial charge < -0.3 is 15.2 Å². The zero-order chi connectivity index (χ0) is 12.9. The van der Waals surface area contributed by atoms with Crippen LogP contribution in [-0.2, 0) is 16.1 Å². The maximum Gasteiger partial charge on any atom is 0.0727 e. The van der Waals surface area contributed by atoms with Crippen LogP contribution in [0.4, 0.5) is 5.69 Å². The molecule has 1 rings (SSSR count). The highest BCUT2D eigenvalue weighted by molar-refractivity contribution is 9.10. The van der Waals surface area contributed by atoms with E-state index in [0.29, 0.717) is 13.2 Å². The SMILES string of the molecule is COC(C)(C)CCOCc1ccc(N)cc1Br. The molecule has 0 amide bonds. The van der Waals surface area contributed by atoms with Gasteiger partial charge in [-0.15, -0.1) is 0 Å². The van der Waals surface area contributed by atoms with Crippen LogP contribution in [0.1, 0.15) is 25.8 Å². The monoisotopic (exact) mass is 301 g/mol. The van der Waals surface area contributed by atoms with E-state index in [1.54, 1.807) is 7.11 Å². The van der Waals surface area contributed by atoms with Crippen molar-refractivity contribution in [2.75, 3.05) is 19.5 Å². The van der Waals surface area contributed by atoms with E-state index in [1.807, 2.05) is 18.2 Å². The third kappa shape index (κ3) is 5.06. The van der Waals surface area contributed by atoms with Gasteiger partial charge in [0, 0.05) is 23.9 Å². The molecule has 0 saturated carbocycles. The van der Waals surface area contributed by atoms with Crippen molar-refractivity contribution in [1.82, 2.24) is 0 Å². The van der Waals surface area contributed by atoms with Crippen molar-refractivity contribution in [2.24, 2.45) is 0 Å². The predicted molar refractivity (Wildman–Crippen MR) is 73.9 cm³/mol. The summed E-state index contributed by atoms with van der Waals surface area (Å²) < 4.78 is 11.9.